The van der Waals surface area contributed by atoms with Gasteiger partial charge in [0.05, 0.1) is 0 Å². The Morgan fingerprint density at radius 1 is 0.889 bits per heavy atom. The number of carbonyl (C=O) groups is 1. The molecule has 2 rings (SSSR count). The minimum Gasteiger partial charge on any atom is -0.453 e. The number of hydrogen-bond donors (Lipinski definition) is 0. The summed E-state index contributed by atoms with van der Waals surface area (Å²) >= 11 is 1.19. The first kappa shape index (κ1) is 12.7. The molecule has 0 spiro atoms. The molecule has 2 nitrogen and oxygen atoms in total. The van der Waals surface area contributed by atoms with Gasteiger partial charge >= 0.3 is 5.30 Å². The van der Waals surface area contributed by atoms with Crippen molar-refractivity contribution in [1.82, 2.24) is 0 Å². The van der Waals surface area contributed by atoms with E-state index < -0.39 is 0 Å². The van der Waals surface area contributed by atoms with Crippen LogP contribution < -0.4 is 0 Å². The third kappa shape index (κ3) is 4.26. The zero-order chi connectivity index (χ0) is 12.6. The maximum atomic E-state index is 11.5. The first-order valence-corrected chi connectivity index (χ1v) is 6.70. The molecule has 0 saturated carbocycles. The lowest BCUT2D eigenvalue weighted by molar-refractivity contribution is 0.168. The number of hydrogen-bond acceptors (Lipinski definition) is 3. The van der Waals surface area contributed by atoms with Crippen molar-refractivity contribution in [1.29, 1.82) is 0 Å². The number of ether oxygens (including phenoxy) is 1. The van der Waals surface area contributed by atoms with Gasteiger partial charge < -0.3 is 4.74 Å². The van der Waals surface area contributed by atoms with Crippen LogP contribution in [0.3, 0.4) is 0 Å². The Morgan fingerprint density at radius 2 is 1.44 bits per heavy atom. The van der Waals surface area contributed by atoms with Crippen molar-refractivity contribution in [3.05, 3.63) is 71.8 Å². The van der Waals surface area contributed by atoms with E-state index in [1.165, 1.54) is 11.8 Å². The average molecular weight is 258 g/mol. The van der Waals surface area contributed by atoms with Crippen molar-refractivity contribution in [3.8, 4) is 0 Å². The van der Waals surface area contributed by atoms with E-state index >= 15 is 0 Å². The summed E-state index contributed by atoms with van der Waals surface area (Å²) in [5.74, 6) is 0.647. The monoisotopic (exact) mass is 258 g/mol. The van der Waals surface area contributed by atoms with Crippen LogP contribution in [0.5, 0.6) is 0 Å². The Balaban J connectivity index is 1.73. The molecule has 2 aromatic carbocycles. The molecule has 92 valence electrons. The maximum Gasteiger partial charge on any atom is 0.367 e. The Labute approximate surface area is 111 Å². The van der Waals surface area contributed by atoms with Gasteiger partial charge in [-0.15, -0.1) is 0 Å². The third-order valence-corrected chi connectivity index (χ3v) is 3.23. The molecule has 2 aromatic rings. The molecular formula is C15H14O2S. The lowest BCUT2D eigenvalue weighted by Crippen LogP contribution is -1.98. The van der Waals surface area contributed by atoms with Crippen LogP contribution in [-0.2, 0) is 17.1 Å². The zero-order valence-corrected chi connectivity index (χ0v) is 10.7. The topological polar surface area (TPSA) is 26.3 Å². The fraction of sp³-hybridized carbons (Fsp3) is 0.133. The fourth-order valence-corrected chi connectivity index (χ4v) is 2.09. The highest BCUT2D eigenvalue weighted by Gasteiger charge is 2.04. The third-order valence-electron chi connectivity index (χ3n) is 2.40. The molecule has 0 aliphatic carbocycles. The quantitative estimate of drug-likeness (QED) is 0.767. The Kier molecular flexibility index (Phi) is 4.85. The molecule has 3 heteroatoms. The van der Waals surface area contributed by atoms with Gasteiger partial charge in [-0.3, -0.25) is 0 Å². The minimum atomic E-state index is -0.234. The van der Waals surface area contributed by atoms with E-state index in [4.69, 9.17) is 4.74 Å². The van der Waals surface area contributed by atoms with E-state index in [9.17, 15) is 4.79 Å². The summed E-state index contributed by atoms with van der Waals surface area (Å²) < 4.78 is 5.17. The van der Waals surface area contributed by atoms with Crippen molar-refractivity contribution >= 4 is 17.1 Å². The molecule has 18 heavy (non-hydrogen) atoms. The lowest BCUT2D eigenvalue weighted by Gasteiger charge is -2.04. The SMILES string of the molecule is O=C(OCc1ccccc1)SCc1ccccc1. The number of benzene rings is 2. The molecule has 0 aliphatic rings. The Hall–Kier alpha value is -1.74. The molecule has 0 unspecified atom stereocenters. The van der Waals surface area contributed by atoms with Crippen LogP contribution in [0, 0.1) is 0 Å². The van der Waals surface area contributed by atoms with Crippen LogP contribution in [0.1, 0.15) is 11.1 Å². The van der Waals surface area contributed by atoms with Crippen molar-refractivity contribution < 1.29 is 9.53 Å². The lowest BCUT2D eigenvalue weighted by atomic mass is 10.2. The van der Waals surface area contributed by atoms with E-state index in [0.717, 1.165) is 11.1 Å². The van der Waals surface area contributed by atoms with Crippen molar-refractivity contribution in [2.45, 2.75) is 12.4 Å². The molecule has 0 amide bonds. The Bertz CT molecular complexity index is 437. The van der Waals surface area contributed by atoms with Crippen LogP contribution in [0.15, 0.2) is 60.7 Å². The van der Waals surface area contributed by atoms with Crippen molar-refractivity contribution in [2.75, 3.05) is 0 Å². The molecule has 0 fully saturated rings. The van der Waals surface area contributed by atoms with Gasteiger partial charge in [0.25, 0.3) is 0 Å². The second-order valence-electron chi connectivity index (χ2n) is 3.80. The highest BCUT2D eigenvalue weighted by molar-refractivity contribution is 8.12. The second-order valence-corrected chi connectivity index (χ2v) is 4.71. The van der Waals surface area contributed by atoms with E-state index in [-0.39, 0.29) is 5.30 Å². The summed E-state index contributed by atoms with van der Waals surface area (Å²) in [6.07, 6.45) is 0. The van der Waals surface area contributed by atoms with Crippen LogP contribution in [0.4, 0.5) is 4.79 Å². The smallest absolute Gasteiger partial charge is 0.367 e. The van der Waals surface area contributed by atoms with Gasteiger partial charge in [0.15, 0.2) is 0 Å². The molecule has 0 atom stereocenters. The largest absolute Gasteiger partial charge is 0.453 e. The average Bonchev–Trinajstić information content (AvgIpc) is 2.45. The number of thioether (sulfide) groups is 1. The van der Waals surface area contributed by atoms with E-state index in [1.807, 2.05) is 60.7 Å². The first-order valence-electron chi connectivity index (χ1n) is 5.72. The summed E-state index contributed by atoms with van der Waals surface area (Å²) in [5, 5.41) is -0.234. The van der Waals surface area contributed by atoms with Crippen LogP contribution in [-0.4, -0.2) is 5.30 Å². The molecule has 0 aliphatic heterocycles. The highest BCUT2D eigenvalue weighted by Crippen LogP contribution is 2.15. The molecular weight excluding hydrogens is 244 g/mol. The fourth-order valence-electron chi connectivity index (χ4n) is 1.47. The van der Waals surface area contributed by atoms with E-state index in [1.54, 1.807) is 0 Å². The van der Waals surface area contributed by atoms with Gasteiger partial charge in [-0.05, 0) is 22.9 Å². The van der Waals surface area contributed by atoms with Gasteiger partial charge in [-0.1, -0.05) is 60.7 Å². The van der Waals surface area contributed by atoms with Crippen molar-refractivity contribution in [3.63, 3.8) is 0 Å². The molecule has 0 aromatic heterocycles. The summed E-state index contributed by atoms with van der Waals surface area (Å²) in [6, 6.07) is 19.6. The van der Waals surface area contributed by atoms with Gasteiger partial charge in [0.1, 0.15) is 6.61 Å². The summed E-state index contributed by atoms with van der Waals surface area (Å²) in [7, 11) is 0. The van der Waals surface area contributed by atoms with Crippen LogP contribution in [0.25, 0.3) is 0 Å². The number of rotatable bonds is 4. The van der Waals surface area contributed by atoms with Gasteiger partial charge in [-0.25, -0.2) is 4.79 Å². The standard InChI is InChI=1S/C15H14O2S/c16-15(17-11-13-7-3-1-4-8-13)18-12-14-9-5-2-6-10-14/h1-10H,11-12H2. The molecule has 0 heterocycles. The molecule has 0 bridgehead atoms. The van der Waals surface area contributed by atoms with Gasteiger partial charge in [0.2, 0.25) is 0 Å². The van der Waals surface area contributed by atoms with Crippen molar-refractivity contribution in [2.24, 2.45) is 0 Å². The first-order chi connectivity index (χ1) is 8.84. The van der Waals surface area contributed by atoms with E-state index in [0.29, 0.717) is 12.4 Å². The zero-order valence-electron chi connectivity index (χ0n) is 9.91. The Morgan fingerprint density at radius 3 is 2.06 bits per heavy atom. The molecule has 0 radical (unpaired) electrons. The van der Waals surface area contributed by atoms with E-state index in [2.05, 4.69) is 0 Å². The molecule has 0 saturated heterocycles. The van der Waals surface area contributed by atoms with Gasteiger partial charge in [0, 0.05) is 5.75 Å². The predicted octanol–water partition coefficient (Wildman–Crippen LogP) is 4.26. The van der Waals surface area contributed by atoms with Crippen LogP contribution >= 0.6 is 11.8 Å². The second kappa shape index (κ2) is 6.87. The number of carbonyl (C=O) groups excluding carboxylic acids is 1. The molecule has 0 N–H and O–H groups in total. The minimum absolute atomic E-state index is 0.234. The normalized spacial score (nSPS) is 10.0. The predicted molar refractivity (Wildman–Crippen MR) is 74.4 cm³/mol. The summed E-state index contributed by atoms with van der Waals surface area (Å²) in [5.41, 5.74) is 2.13. The van der Waals surface area contributed by atoms with Crippen LogP contribution in [0.2, 0.25) is 0 Å². The van der Waals surface area contributed by atoms with Gasteiger partial charge in [-0.2, -0.15) is 0 Å². The highest BCUT2D eigenvalue weighted by atomic mass is 32.2. The maximum absolute atomic E-state index is 11.5. The summed E-state index contributed by atoms with van der Waals surface area (Å²) in [4.78, 5) is 11.5. The summed E-state index contributed by atoms with van der Waals surface area (Å²) in [6.45, 7) is 0.335.